The summed E-state index contributed by atoms with van der Waals surface area (Å²) in [5.74, 6) is -0.121. The van der Waals surface area contributed by atoms with E-state index in [9.17, 15) is 4.79 Å². The fraction of sp³-hybridized carbons (Fsp3) is 0.667. The number of aromatic amines is 1. The van der Waals surface area contributed by atoms with E-state index in [4.69, 9.17) is 14.2 Å². The second-order valence-corrected chi connectivity index (χ2v) is 6.52. The van der Waals surface area contributed by atoms with Gasteiger partial charge >= 0.3 is 0 Å². The molecular weight excluding hydrogens is 300 g/mol. The van der Waals surface area contributed by atoms with Crippen molar-refractivity contribution in [2.24, 2.45) is 0 Å². The summed E-state index contributed by atoms with van der Waals surface area (Å²) in [4.78, 5) is 19.1. The molecule has 0 aliphatic carbocycles. The van der Waals surface area contributed by atoms with Crippen LogP contribution in [0.4, 0.5) is 0 Å². The minimum Gasteiger partial charge on any atom is -0.347 e. The Kier molecular flexibility index (Phi) is 3.13. The van der Waals surface area contributed by atoms with Crippen LogP contribution < -0.4 is 5.56 Å². The zero-order valence-electron chi connectivity index (χ0n) is 13.6. The van der Waals surface area contributed by atoms with Crippen molar-refractivity contribution in [1.29, 1.82) is 0 Å². The maximum Gasteiger partial charge on any atom is 0.262 e. The third-order valence-electron chi connectivity index (χ3n) is 4.35. The molecule has 1 N–H and O–H groups in total. The van der Waals surface area contributed by atoms with E-state index in [2.05, 4.69) is 15.1 Å². The molecule has 4 atom stereocenters. The van der Waals surface area contributed by atoms with Crippen molar-refractivity contribution in [2.45, 2.75) is 64.4 Å². The minimum absolute atomic E-state index is 0.0749. The molecule has 2 aliphatic rings. The van der Waals surface area contributed by atoms with Crippen molar-refractivity contribution in [2.75, 3.05) is 0 Å². The first kappa shape index (κ1) is 14.8. The smallest absolute Gasteiger partial charge is 0.262 e. The van der Waals surface area contributed by atoms with Crippen LogP contribution in [0, 0.1) is 6.92 Å². The molecule has 0 bridgehead atoms. The number of hydrogen-bond acceptors (Lipinski definition) is 6. The van der Waals surface area contributed by atoms with Gasteiger partial charge in [-0.3, -0.25) is 4.79 Å². The molecule has 8 nitrogen and oxygen atoms in total. The van der Waals surface area contributed by atoms with E-state index in [1.54, 1.807) is 11.6 Å². The Hall–Kier alpha value is -1.77. The summed E-state index contributed by atoms with van der Waals surface area (Å²) < 4.78 is 19.8. The molecule has 1 unspecified atom stereocenters. The molecule has 0 saturated carbocycles. The Morgan fingerprint density at radius 2 is 2.09 bits per heavy atom. The molecule has 0 radical (unpaired) electrons. The highest BCUT2D eigenvalue weighted by atomic mass is 16.8. The molecule has 2 aliphatic heterocycles. The topological polar surface area (TPSA) is 91.3 Å². The van der Waals surface area contributed by atoms with Crippen LogP contribution in [0.5, 0.6) is 0 Å². The predicted molar refractivity (Wildman–Crippen MR) is 80.9 cm³/mol. The van der Waals surface area contributed by atoms with Crippen LogP contribution in [0.3, 0.4) is 0 Å². The van der Waals surface area contributed by atoms with E-state index in [-0.39, 0.29) is 23.9 Å². The van der Waals surface area contributed by atoms with Gasteiger partial charge in [0.1, 0.15) is 23.4 Å². The molecule has 0 aromatic carbocycles. The van der Waals surface area contributed by atoms with Gasteiger partial charge in [0.2, 0.25) is 0 Å². The van der Waals surface area contributed by atoms with E-state index in [0.29, 0.717) is 16.9 Å². The highest BCUT2D eigenvalue weighted by molar-refractivity contribution is 5.73. The number of aryl methyl sites for hydroxylation is 1. The number of H-pyrrole nitrogens is 1. The summed E-state index contributed by atoms with van der Waals surface area (Å²) in [6, 6.07) is 0. The molecule has 124 valence electrons. The van der Waals surface area contributed by atoms with Crippen LogP contribution in [-0.4, -0.2) is 43.8 Å². The first-order valence-corrected chi connectivity index (χ1v) is 7.85. The van der Waals surface area contributed by atoms with Gasteiger partial charge in [-0.15, -0.1) is 0 Å². The molecule has 0 spiro atoms. The normalized spacial score (nSPS) is 32.5. The van der Waals surface area contributed by atoms with Crippen LogP contribution in [0.2, 0.25) is 0 Å². The van der Waals surface area contributed by atoms with E-state index in [0.717, 1.165) is 6.42 Å². The highest BCUT2D eigenvalue weighted by Gasteiger charge is 2.55. The zero-order valence-corrected chi connectivity index (χ0v) is 13.6. The number of hydrogen-bond donors (Lipinski definition) is 1. The molecule has 2 aromatic rings. The standard InChI is InChI=1S/C15H20N4O4/c1-5-9-10-11(23-15(3,4)22-10)14(21-9)19-12-8(6-16-19)13(20)18-7(2)17-12/h6,9-11,14H,5H2,1-4H3,(H,17,18,20)/t9-,10+,11?,14-/m1/s1. The van der Waals surface area contributed by atoms with Gasteiger partial charge in [-0.2, -0.15) is 5.10 Å². The molecule has 2 saturated heterocycles. The van der Waals surface area contributed by atoms with Crippen molar-refractivity contribution in [1.82, 2.24) is 19.7 Å². The van der Waals surface area contributed by atoms with Crippen molar-refractivity contribution >= 4 is 11.0 Å². The Labute approximate surface area is 132 Å². The molecular formula is C15H20N4O4. The van der Waals surface area contributed by atoms with Crippen LogP contribution in [0.1, 0.15) is 39.2 Å². The number of nitrogens with zero attached hydrogens (tertiary/aromatic N) is 3. The summed E-state index contributed by atoms with van der Waals surface area (Å²) in [5.41, 5.74) is 0.296. The average molecular weight is 320 g/mol. The van der Waals surface area contributed by atoms with Gasteiger partial charge in [-0.1, -0.05) is 6.92 Å². The second-order valence-electron chi connectivity index (χ2n) is 6.52. The summed E-state index contributed by atoms with van der Waals surface area (Å²) >= 11 is 0. The second kappa shape index (κ2) is 4.86. The van der Waals surface area contributed by atoms with Gasteiger partial charge in [-0.05, 0) is 27.2 Å². The number of fused-ring (bicyclic) bond motifs is 2. The Bertz CT molecular complexity index is 811. The van der Waals surface area contributed by atoms with Crippen LogP contribution in [0.15, 0.2) is 11.0 Å². The number of aromatic nitrogens is 4. The average Bonchev–Trinajstić information content (AvgIpc) is 3.09. The van der Waals surface area contributed by atoms with Crippen LogP contribution in [0.25, 0.3) is 11.0 Å². The SMILES string of the molecule is CC[C@H]1O[C@@H](n2ncc3c(=O)[nH]c(C)nc32)C2OC(C)(C)O[C@H]21. The first-order chi connectivity index (χ1) is 10.9. The molecule has 2 aromatic heterocycles. The largest absolute Gasteiger partial charge is 0.347 e. The minimum atomic E-state index is -0.658. The quantitative estimate of drug-likeness (QED) is 0.895. The third kappa shape index (κ3) is 2.20. The maximum absolute atomic E-state index is 12.0. The lowest BCUT2D eigenvalue weighted by Crippen LogP contribution is -2.29. The summed E-state index contributed by atoms with van der Waals surface area (Å²) in [7, 11) is 0. The van der Waals surface area contributed by atoms with Crippen molar-refractivity contribution in [3.63, 3.8) is 0 Å². The fourth-order valence-electron chi connectivity index (χ4n) is 3.42. The third-order valence-corrected chi connectivity index (χ3v) is 4.35. The zero-order chi connectivity index (χ0) is 16.4. The van der Waals surface area contributed by atoms with Gasteiger partial charge in [0, 0.05) is 0 Å². The van der Waals surface area contributed by atoms with Gasteiger partial charge in [0.25, 0.3) is 5.56 Å². The van der Waals surface area contributed by atoms with Gasteiger partial charge in [0.05, 0.1) is 12.3 Å². The molecule has 8 heteroatoms. The molecule has 23 heavy (non-hydrogen) atoms. The highest BCUT2D eigenvalue weighted by Crippen LogP contribution is 2.44. The van der Waals surface area contributed by atoms with Crippen LogP contribution >= 0.6 is 0 Å². The van der Waals surface area contributed by atoms with Crippen molar-refractivity contribution < 1.29 is 14.2 Å². The Morgan fingerprint density at radius 3 is 2.83 bits per heavy atom. The monoisotopic (exact) mass is 320 g/mol. The lowest BCUT2D eigenvalue weighted by atomic mass is 10.1. The molecule has 4 rings (SSSR count). The van der Waals surface area contributed by atoms with Gasteiger partial charge in [-0.25, -0.2) is 9.67 Å². The summed E-state index contributed by atoms with van der Waals surface area (Å²) in [6.45, 7) is 7.57. The summed E-state index contributed by atoms with van der Waals surface area (Å²) in [6.07, 6.45) is 1.36. The maximum atomic E-state index is 12.0. The fourth-order valence-corrected chi connectivity index (χ4v) is 3.42. The Morgan fingerprint density at radius 1 is 1.35 bits per heavy atom. The molecule has 2 fully saturated rings. The van der Waals surface area contributed by atoms with Crippen molar-refractivity contribution in [3.8, 4) is 0 Å². The lowest BCUT2D eigenvalue weighted by molar-refractivity contribution is -0.197. The van der Waals surface area contributed by atoms with Gasteiger partial charge in [0.15, 0.2) is 17.7 Å². The van der Waals surface area contributed by atoms with E-state index < -0.39 is 12.0 Å². The Balaban J connectivity index is 1.80. The van der Waals surface area contributed by atoms with E-state index in [1.807, 2.05) is 20.8 Å². The van der Waals surface area contributed by atoms with Crippen molar-refractivity contribution in [3.05, 3.63) is 22.4 Å². The number of ether oxygens (including phenoxy) is 3. The van der Waals surface area contributed by atoms with Crippen LogP contribution in [-0.2, 0) is 14.2 Å². The number of rotatable bonds is 2. The predicted octanol–water partition coefficient (Wildman–Crippen LogP) is 1.26. The number of nitrogens with one attached hydrogen (secondary N) is 1. The molecule has 0 amide bonds. The van der Waals surface area contributed by atoms with E-state index >= 15 is 0 Å². The summed E-state index contributed by atoms with van der Waals surface area (Å²) in [5, 5.41) is 4.77. The van der Waals surface area contributed by atoms with Gasteiger partial charge < -0.3 is 19.2 Å². The van der Waals surface area contributed by atoms with E-state index in [1.165, 1.54) is 6.20 Å². The molecule has 4 heterocycles. The lowest BCUT2D eigenvalue weighted by Gasteiger charge is -2.24. The first-order valence-electron chi connectivity index (χ1n) is 7.85.